The van der Waals surface area contributed by atoms with Gasteiger partial charge in [-0.3, -0.25) is 0 Å². The van der Waals surface area contributed by atoms with E-state index < -0.39 is 0 Å². The molecule has 0 aliphatic heterocycles. The predicted molar refractivity (Wildman–Crippen MR) is 34.9 cm³/mol. The minimum Gasteiger partial charge on any atom is -1.00 e. The molecular weight excluding hydrogens is 198 g/mol. The molecular formula is C4H10INa. The quantitative estimate of drug-likeness (QED) is 0.321. The van der Waals surface area contributed by atoms with Gasteiger partial charge in [-0.2, -0.15) is 0 Å². The molecule has 0 heterocycles. The molecule has 0 bridgehead atoms. The zero-order chi connectivity index (χ0) is 4.12. The third-order valence-corrected chi connectivity index (χ3v) is 1.25. The average molecular weight is 208 g/mol. The molecule has 0 aliphatic carbocycles. The molecule has 0 radical (unpaired) electrons. The van der Waals surface area contributed by atoms with Gasteiger partial charge in [0.05, 0.1) is 0 Å². The predicted octanol–water partition coefficient (Wildman–Crippen LogP) is -0.662. The van der Waals surface area contributed by atoms with E-state index in [1.54, 1.807) is 0 Å². The Labute approximate surface area is 77.0 Å². The Bertz CT molecular complexity index is 19.2. The van der Waals surface area contributed by atoms with E-state index in [9.17, 15) is 0 Å². The van der Waals surface area contributed by atoms with Crippen LogP contribution in [0.2, 0.25) is 0 Å². The zero-order valence-electron chi connectivity index (χ0n) is 5.50. The van der Waals surface area contributed by atoms with Crippen molar-refractivity contribution in [1.29, 1.82) is 0 Å². The van der Waals surface area contributed by atoms with Gasteiger partial charge < -0.3 is 1.43 Å². The smallest absolute Gasteiger partial charge is 1.00 e. The van der Waals surface area contributed by atoms with Crippen LogP contribution in [0, 0.1) is 0 Å². The standard InChI is InChI=1S/C4H9I.Na.H/c1-2-3-4-5;;/h2-4H2,1H3;;/q;+1;-1. The van der Waals surface area contributed by atoms with Gasteiger partial charge in [-0.05, 0) is 10.8 Å². The fourth-order valence-corrected chi connectivity index (χ4v) is 0.896. The van der Waals surface area contributed by atoms with Gasteiger partial charge in [0.1, 0.15) is 0 Å². The molecule has 0 nitrogen and oxygen atoms in total. The van der Waals surface area contributed by atoms with Gasteiger partial charge in [0, 0.05) is 0 Å². The Morgan fingerprint density at radius 2 is 2.17 bits per heavy atom. The summed E-state index contributed by atoms with van der Waals surface area (Å²) in [5.41, 5.74) is 0. The minimum absolute atomic E-state index is 0. The Kier molecular flexibility index (Phi) is 17.6. The molecule has 0 aliphatic rings. The molecule has 0 atom stereocenters. The van der Waals surface area contributed by atoms with Crippen LogP contribution >= 0.6 is 22.6 Å². The Balaban J connectivity index is -0.0000000800. The molecule has 2 heteroatoms. The molecule has 6 heavy (non-hydrogen) atoms. The molecule has 0 rings (SSSR count). The van der Waals surface area contributed by atoms with Crippen molar-refractivity contribution in [2.45, 2.75) is 19.8 Å². The first kappa shape index (κ1) is 10.7. The minimum atomic E-state index is 0. The van der Waals surface area contributed by atoms with E-state index in [4.69, 9.17) is 0 Å². The molecule has 0 saturated carbocycles. The summed E-state index contributed by atoms with van der Waals surface area (Å²) in [7, 11) is 0. The fraction of sp³-hybridized carbons (Fsp3) is 1.00. The topological polar surface area (TPSA) is 0 Å². The van der Waals surface area contributed by atoms with Crippen molar-refractivity contribution in [1.82, 2.24) is 0 Å². The molecule has 0 aromatic rings. The van der Waals surface area contributed by atoms with Gasteiger partial charge in [-0.25, -0.2) is 0 Å². The van der Waals surface area contributed by atoms with Crippen molar-refractivity contribution in [3.05, 3.63) is 0 Å². The van der Waals surface area contributed by atoms with Crippen LogP contribution in [-0.2, 0) is 0 Å². The van der Waals surface area contributed by atoms with Crippen LogP contribution in [0.25, 0.3) is 0 Å². The number of unbranched alkanes of at least 4 members (excludes halogenated alkanes) is 1. The van der Waals surface area contributed by atoms with Crippen LogP contribution in [-0.4, -0.2) is 4.43 Å². The summed E-state index contributed by atoms with van der Waals surface area (Å²) >= 11 is 2.39. The second-order valence-electron chi connectivity index (χ2n) is 1.04. The van der Waals surface area contributed by atoms with E-state index in [-0.39, 0.29) is 31.0 Å². The molecule has 0 fully saturated rings. The molecule has 0 amide bonds. The first-order valence-corrected chi connectivity index (χ1v) is 3.50. The van der Waals surface area contributed by atoms with Gasteiger partial charge in [0.15, 0.2) is 0 Å². The maximum atomic E-state index is 2.39. The van der Waals surface area contributed by atoms with Crippen molar-refractivity contribution in [3.8, 4) is 0 Å². The molecule has 0 N–H and O–H groups in total. The van der Waals surface area contributed by atoms with E-state index in [1.807, 2.05) is 0 Å². The monoisotopic (exact) mass is 208 g/mol. The van der Waals surface area contributed by atoms with Crippen molar-refractivity contribution in [2.75, 3.05) is 4.43 Å². The molecule has 0 saturated heterocycles. The van der Waals surface area contributed by atoms with E-state index in [2.05, 4.69) is 29.5 Å². The SMILES string of the molecule is CCCCI.[H-].[Na+]. The fourth-order valence-electron chi connectivity index (χ4n) is 0.134. The Hall–Kier alpha value is 1.73. The summed E-state index contributed by atoms with van der Waals surface area (Å²) in [6.45, 7) is 2.21. The van der Waals surface area contributed by atoms with Gasteiger partial charge in [0.2, 0.25) is 0 Å². The second-order valence-corrected chi connectivity index (χ2v) is 2.12. The van der Waals surface area contributed by atoms with Crippen molar-refractivity contribution < 1.29 is 31.0 Å². The van der Waals surface area contributed by atoms with Gasteiger partial charge in [-0.1, -0.05) is 35.9 Å². The summed E-state index contributed by atoms with van der Waals surface area (Å²) < 4.78 is 1.31. The summed E-state index contributed by atoms with van der Waals surface area (Å²) in [5, 5.41) is 0. The molecule has 0 aromatic carbocycles. The Morgan fingerprint density at radius 1 is 1.67 bits per heavy atom. The van der Waals surface area contributed by atoms with Crippen molar-refractivity contribution >= 4 is 22.6 Å². The Morgan fingerprint density at radius 3 is 2.17 bits per heavy atom. The van der Waals surface area contributed by atoms with Crippen LogP contribution in [0.1, 0.15) is 21.2 Å². The second kappa shape index (κ2) is 9.88. The van der Waals surface area contributed by atoms with Crippen molar-refractivity contribution in [3.63, 3.8) is 0 Å². The van der Waals surface area contributed by atoms with Crippen LogP contribution in [0.3, 0.4) is 0 Å². The first-order valence-electron chi connectivity index (χ1n) is 1.97. The average Bonchev–Trinajstić information content (AvgIpc) is 1.41. The molecule has 0 unspecified atom stereocenters. The van der Waals surface area contributed by atoms with Crippen LogP contribution in [0.4, 0.5) is 0 Å². The maximum absolute atomic E-state index is 2.39. The number of hydrogen-bond donors (Lipinski definition) is 0. The molecule has 34 valence electrons. The van der Waals surface area contributed by atoms with E-state index in [0.29, 0.717) is 0 Å². The van der Waals surface area contributed by atoms with Gasteiger partial charge in [-0.15, -0.1) is 0 Å². The number of halogens is 1. The first-order chi connectivity index (χ1) is 2.41. The molecule has 0 spiro atoms. The number of rotatable bonds is 2. The van der Waals surface area contributed by atoms with Gasteiger partial charge >= 0.3 is 29.6 Å². The summed E-state index contributed by atoms with van der Waals surface area (Å²) in [4.78, 5) is 0. The third-order valence-electron chi connectivity index (χ3n) is 0.487. The van der Waals surface area contributed by atoms with Gasteiger partial charge in [0.25, 0.3) is 0 Å². The maximum Gasteiger partial charge on any atom is 1.00 e. The number of alkyl halides is 1. The summed E-state index contributed by atoms with van der Waals surface area (Å²) in [6.07, 6.45) is 2.71. The normalized spacial score (nSPS) is 7.00. The van der Waals surface area contributed by atoms with Crippen LogP contribution in [0.15, 0.2) is 0 Å². The van der Waals surface area contributed by atoms with Crippen LogP contribution in [0.5, 0.6) is 0 Å². The van der Waals surface area contributed by atoms with Crippen molar-refractivity contribution in [2.24, 2.45) is 0 Å². The van der Waals surface area contributed by atoms with E-state index in [0.717, 1.165) is 0 Å². The third kappa shape index (κ3) is 9.21. The summed E-state index contributed by atoms with van der Waals surface area (Å²) in [5.74, 6) is 0. The van der Waals surface area contributed by atoms with E-state index >= 15 is 0 Å². The van der Waals surface area contributed by atoms with E-state index in [1.165, 1.54) is 17.3 Å². The summed E-state index contributed by atoms with van der Waals surface area (Å²) in [6, 6.07) is 0. The largest absolute Gasteiger partial charge is 1.00 e. The molecule has 0 aromatic heterocycles. The van der Waals surface area contributed by atoms with Crippen LogP contribution < -0.4 is 29.6 Å². The number of hydrogen-bond acceptors (Lipinski definition) is 0. The zero-order valence-corrected chi connectivity index (χ0v) is 8.66.